The van der Waals surface area contributed by atoms with E-state index in [1.807, 2.05) is 12.1 Å². The summed E-state index contributed by atoms with van der Waals surface area (Å²) in [5, 5.41) is 31.5. The summed E-state index contributed by atoms with van der Waals surface area (Å²) >= 11 is 0. The van der Waals surface area contributed by atoms with Crippen molar-refractivity contribution >= 4 is 12.0 Å². The van der Waals surface area contributed by atoms with E-state index in [9.17, 15) is 15.0 Å². The molecule has 11 atom stereocenters. The molecule has 4 aliphatic carbocycles. The minimum absolute atomic E-state index is 0.190. The molecular weight excluding hydrogens is 460 g/mol. The Labute approximate surface area is 223 Å². The average Bonchev–Trinajstić information content (AvgIpc) is 3.23. The highest BCUT2D eigenvalue weighted by Gasteiger charge is 2.64. The third-order valence-corrected chi connectivity index (χ3v) is 12.1. The smallest absolute Gasteiger partial charge is 0.335 e. The van der Waals surface area contributed by atoms with Crippen LogP contribution in [0.2, 0.25) is 0 Å². The number of aliphatic hydroxyl groups is 2. The lowest BCUT2D eigenvalue weighted by atomic mass is 9.41. The van der Waals surface area contributed by atoms with E-state index >= 15 is 0 Å². The second-order valence-electron chi connectivity index (χ2n) is 13.7. The normalized spacial score (nSPS) is 44.2. The first-order valence-electron chi connectivity index (χ1n) is 15.0. The summed E-state index contributed by atoms with van der Waals surface area (Å²) < 4.78 is 0. The molecule has 0 aromatic heterocycles. The second-order valence-corrected chi connectivity index (χ2v) is 13.7. The summed E-state index contributed by atoms with van der Waals surface area (Å²) in [6, 6.07) is 7.10. The molecule has 5 rings (SSSR count). The zero-order valence-corrected chi connectivity index (χ0v) is 23.3. The van der Waals surface area contributed by atoms with Crippen LogP contribution in [0.25, 0.3) is 6.08 Å². The molecule has 37 heavy (non-hydrogen) atoms. The number of aromatic carboxylic acids is 1. The maximum absolute atomic E-state index is 11.9. The van der Waals surface area contributed by atoms with E-state index in [4.69, 9.17) is 5.11 Å². The van der Waals surface area contributed by atoms with Crippen molar-refractivity contribution in [3.05, 3.63) is 41.5 Å². The fraction of sp³-hybridized carbons (Fsp3) is 0.727. The van der Waals surface area contributed by atoms with Gasteiger partial charge in [-0.2, -0.15) is 0 Å². The van der Waals surface area contributed by atoms with Gasteiger partial charge in [-0.3, -0.25) is 0 Å². The highest BCUT2D eigenvalue weighted by Crippen LogP contribution is 2.69. The zero-order valence-electron chi connectivity index (χ0n) is 23.3. The first kappa shape index (κ1) is 26.9. The molecule has 4 heteroatoms. The summed E-state index contributed by atoms with van der Waals surface area (Å²) in [6.45, 7) is 9.72. The number of carboxylic acids is 1. The van der Waals surface area contributed by atoms with Gasteiger partial charge in [-0.15, -0.1) is 0 Å². The van der Waals surface area contributed by atoms with Crippen molar-refractivity contribution in [1.82, 2.24) is 0 Å². The van der Waals surface area contributed by atoms with Gasteiger partial charge >= 0.3 is 5.97 Å². The van der Waals surface area contributed by atoms with Crippen LogP contribution in [-0.4, -0.2) is 33.5 Å². The highest BCUT2D eigenvalue weighted by atomic mass is 16.4. The molecule has 4 unspecified atom stereocenters. The van der Waals surface area contributed by atoms with Crippen molar-refractivity contribution in [3.63, 3.8) is 0 Å². The number of aliphatic hydroxyl groups excluding tert-OH is 2. The molecule has 204 valence electrons. The van der Waals surface area contributed by atoms with E-state index in [0.29, 0.717) is 47.0 Å². The Hall–Kier alpha value is -1.65. The Bertz CT molecular complexity index is 1000. The molecule has 4 saturated carbocycles. The largest absolute Gasteiger partial charge is 0.478 e. The van der Waals surface area contributed by atoms with Gasteiger partial charge in [-0.1, -0.05) is 58.4 Å². The average molecular weight is 509 g/mol. The third kappa shape index (κ3) is 4.50. The molecule has 4 nitrogen and oxygen atoms in total. The molecule has 1 aromatic carbocycles. The Morgan fingerprint density at radius 3 is 2.35 bits per heavy atom. The molecule has 0 spiro atoms. The topological polar surface area (TPSA) is 77.8 Å². The summed E-state index contributed by atoms with van der Waals surface area (Å²) in [6.07, 6.45) is 13.9. The van der Waals surface area contributed by atoms with Crippen molar-refractivity contribution in [3.8, 4) is 0 Å². The van der Waals surface area contributed by atoms with Crippen LogP contribution in [0, 0.1) is 52.3 Å². The SMILES string of the molecule is CC[C@H]1[C@@H](O)C2C3CCC([C@H](C)C/C=C/c4ccc(C(=O)O)cc4)[C@@]3(C)CCC2[C@@]2(C)CC[C@@H](O)C[C@@H]12. The van der Waals surface area contributed by atoms with Crippen LogP contribution in [0.15, 0.2) is 30.3 Å². The third-order valence-electron chi connectivity index (χ3n) is 12.1. The molecule has 0 heterocycles. The number of carboxylic acid groups (broad SMARTS) is 1. The van der Waals surface area contributed by atoms with Crippen molar-refractivity contribution in [2.45, 2.75) is 97.7 Å². The van der Waals surface area contributed by atoms with Gasteiger partial charge in [0.1, 0.15) is 0 Å². The molecule has 0 aliphatic heterocycles. The molecule has 4 aliphatic rings. The van der Waals surface area contributed by atoms with Crippen LogP contribution >= 0.6 is 0 Å². The molecule has 1 aromatic rings. The van der Waals surface area contributed by atoms with E-state index in [0.717, 1.165) is 37.7 Å². The summed E-state index contributed by atoms with van der Waals surface area (Å²) in [4.78, 5) is 11.1. The molecule has 0 bridgehead atoms. The summed E-state index contributed by atoms with van der Waals surface area (Å²) in [5.74, 6) is 2.72. The zero-order chi connectivity index (χ0) is 26.5. The molecule has 0 radical (unpaired) electrons. The molecular formula is C33H48O4. The van der Waals surface area contributed by atoms with E-state index in [1.165, 1.54) is 25.7 Å². The monoisotopic (exact) mass is 508 g/mol. The molecule has 3 N–H and O–H groups in total. The van der Waals surface area contributed by atoms with Crippen LogP contribution in [0.1, 0.15) is 101 Å². The fourth-order valence-electron chi connectivity index (χ4n) is 10.3. The van der Waals surface area contributed by atoms with Crippen LogP contribution < -0.4 is 0 Å². The predicted octanol–water partition coefficient (Wildman–Crippen LogP) is 7.05. The minimum Gasteiger partial charge on any atom is -0.478 e. The number of fused-ring (bicyclic) bond motifs is 5. The minimum atomic E-state index is -0.887. The van der Waals surface area contributed by atoms with Crippen molar-refractivity contribution in [2.75, 3.05) is 0 Å². The van der Waals surface area contributed by atoms with Gasteiger partial charge in [-0.05, 0) is 121 Å². The number of rotatable bonds is 6. The van der Waals surface area contributed by atoms with Crippen LogP contribution in [0.5, 0.6) is 0 Å². The van der Waals surface area contributed by atoms with E-state index in [1.54, 1.807) is 12.1 Å². The van der Waals surface area contributed by atoms with Gasteiger partial charge in [0.25, 0.3) is 0 Å². The number of hydrogen-bond acceptors (Lipinski definition) is 3. The lowest BCUT2D eigenvalue weighted by molar-refractivity contribution is -0.203. The number of benzene rings is 1. The van der Waals surface area contributed by atoms with Crippen molar-refractivity contribution < 1.29 is 20.1 Å². The number of carbonyl (C=O) groups is 1. The standard InChI is InChI=1S/C33H48O4/c1-5-24-28-19-23(34)15-17-33(28,4)27-16-18-32(3)25(13-14-26(32)29(27)30(24)35)20(2)7-6-8-21-9-11-22(12-10-21)31(36)37/h6,8-12,20,23-30,34-35H,5,7,13-19H2,1-4H3,(H,36,37)/b8-6+/t20-,23-,24-,25?,26?,27?,28+,29?,30-,32-,33-/m1/s1. The molecule has 0 saturated heterocycles. The van der Waals surface area contributed by atoms with Gasteiger partial charge in [0.2, 0.25) is 0 Å². The summed E-state index contributed by atoms with van der Waals surface area (Å²) in [7, 11) is 0. The van der Waals surface area contributed by atoms with Crippen LogP contribution in [0.4, 0.5) is 0 Å². The van der Waals surface area contributed by atoms with Crippen LogP contribution in [-0.2, 0) is 0 Å². The predicted molar refractivity (Wildman–Crippen MR) is 148 cm³/mol. The maximum Gasteiger partial charge on any atom is 0.335 e. The van der Waals surface area contributed by atoms with Crippen LogP contribution in [0.3, 0.4) is 0 Å². The number of hydrogen-bond donors (Lipinski definition) is 3. The van der Waals surface area contributed by atoms with Gasteiger partial charge in [-0.25, -0.2) is 4.79 Å². The Morgan fingerprint density at radius 2 is 1.68 bits per heavy atom. The van der Waals surface area contributed by atoms with Crippen molar-refractivity contribution in [1.29, 1.82) is 0 Å². The van der Waals surface area contributed by atoms with Gasteiger partial charge in [0, 0.05) is 0 Å². The van der Waals surface area contributed by atoms with E-state index < -0.39 is 5.97 Å². The summed E-state index contributed by atoms with van der Waals surface area (Å²) in [5.41, 5.74) is 1.91. The van der Waals surface area contributed by atoms with E-state index in [2.05, 4.69) is 39.8 Å². The van der Waals surface area contributed by atoms with Crippen molar-refractivity contribution in [2.24, 2.45) is 52.3 Å². The lowest BCUT2D eigenvalue weighted by Gasteiger charge is -2.64. The number of allylic oxidation sites excluding steroid dienone is 1. The lowest BCUT2D eigenvalue weighted by Crippen LogP contribution is -2.62. The Balaban J connectivity index is 1.31. The van der Waals surface area contributed by atoms with Gasteiger partial charge < -0.3 is 15.3 Å². The van der Waals surface area contributed by atoms with Gasteiger partial charge in [0.15, 0.2) is 0 Å². The van der Waals surface area contributed by atoms with Gasteiger partial charge in [0.05, 0.1) is 17.8 Å². The molecule has 0 amide bonds. The maximum atomic E-state index is 11.9. The Kier molecular flexibility index (Phi) is 7.39. The quantitative estimate of drug-likeness (QED) is 0.385. The second kappa shape index (κ2) is 10.2. The first-order valence-corrected chi connectivity index (χ1v) is 15.0. The molecule has 4 fully saturated rings. The fourth-order valence-corrected chi connectivity index (χ4v) is 10.3. The first-order chi connectivity index (χ1) is 17.6. The Morgan fingerprint density at radius 1 is 1.00 bits per heavy atom. The van der Waals surface area contributed by atoms with E-state index in [-0.39, 0.29) is 23.0 Å². The highest BCUT2D eigenvalue weighted by molar-refractivity contribution is 5.87.